The quantitative estimate of drug-likeness (QED) is 0.304. The summed E-state index contributed by atoms with van der Waals surface area (Å²) in [6.45, 7) is 0.592. The second-order valence-corrected chi connectivity index (χ2v) is 8.42. The van der Waals surface area contributed by atoms with Crippen LogP contribution >= 0.6 is 0 Å². The van der Waals surface area contributed by atoms with Gasteiger partial charge in [-0.3, -0.25) is 9.78 Å². The number of hydrogen-bond acceptors (Lipinski definition) is 6. The van der Waals surface area contributed by atoms with Gasteiger partial charge in [0.1, 0.15) is 11.4 Å². The highest BCUT2D eigenvalue weighted by Gasteiger charge is 2.22. The molecule has 0 atom stereocenters. The Morgan fingerprint density at radius 1 is 1.00 bits per heavy atom. The topological polar surface area (TPSA) is 96.4 Å². The minimum absolute atomic E-state index is 0.206. The molecule has 8 heteroatoms. The Kier molecular flexibility index (Phi) is 6.86. The summed E-state index contributed by atoms with van der Waals surface area (Å²) < 4.78 is 6.98. The van der Waals surface area contributed by atoms with Gasteiger partial charge in [0.05, 0.1) is 31.0 Å². The van der Waals surface area contributed by atoms with Gasteiger partial charge in [-0.2, -0.15) is 10.4 Å². The molecule has 3 heterocycles. The monoisotopic (exact) mass is 488 g/mol. The fourth-order valence-electron chi connectivity index (χ4n) is 4.12. The molecule has 5 rings (SSSR count). The maximum atomic E-state index is 14.0. The van der Waals surface area contributed by atoms with E-state index >= 15 is 0 Å². The van der Waals surface area contributed by atoms with Crippen molar-refractivity contribution in [2.75, 3.05) is 13.7 Å². The number of benzene rings is 2. The molecule has 182 valence electrons. The average Bonchev–Trinajstić information content (AvgIpc) is 3.40. The number of carbonyl (C=O) groups excluding carboxylic acids is 1. The van der Waals surface area contributed by atoms with E-state index in [4.69, 9.17) is 14.8 Å². The SMILES string of the molecule is COc1cccc(-c2cc(C(=O)N(CCC#N)Cc3cccnc3)n3nc(-c4ccccc4)cc3n2)c1. The van der Waals surface area contributed by atoms with Gasteiger partial charge in [-0.25, -0.2) is 9.50 Å². The van der Waals surface area contributed by atoms with Gasteiger partial charge in [0, 0.05) is 42.7 Å². The van der Waals surface area contributed by atoms with E-state index in [0.717, 1.165) is 16.7 Å². The van der Waals surface area contributed by atoms with E-state index in [1.807, 2.05) is 72.8 Å². The van der Waals surface area contributed by atoms with Gasteiger partial charge in [-0.15, -0.1) is 0 Å². The zero-order valence-corrected chi connectivity index (χ0v) is 20.3. The van der Waals surface area contributed by atoms with Crippen molar-refractivity contribution in [2.45, 2.75) is 13.0 Å². The maximum Gasteiger partial charge on any atom is 0.273 e. The number of pyridine rings is 1. The van der Waals surface area contributed by atoms with Crippen LogP contribution in [0.2, 0.25) is 0 Å². The van der Waals surface area contributed by atoms with Crippen molar-refractivity contribution >= 4 is 11.6 Å². The maximum absolute atomic E-state index is 14.0. The lowest BCUT2D eigenvalue weighted by Gasteiger charge is -2.22. The van der Waals surface area contributed by atoms with E-state index in [0.29, 0.717) is 35.0 Å². The molecule has 5 aromatic rings. The third kappa shape index (κ3) is 5.16. The number of aromatic nitrogens is 4. The molecule has 0 saturated heterocycles. The fraction of sp³-hybridized carbons (Fsp3) is 0.138. The number of nitriles is 1. The second-order valence-electron chi connectivity index (χ2n) is 8.42. The molecule has 8 nitrogen and oxygen atoms in total. The summed E-state index contributed by atoms with van der Waals surface area (Å²) in [4.78, 5) is 24.6. The Bertz CT molecular complexity index is 1580. The van der Waals surface area contributed by atoms with E-state index in [1.54, 1.807) is 35.0 Å². The number of fused-ring (bicyclic) bond motifs is 1. The van der Waals surface area contributed by atoms with Gasteiger partial charge in [-0.05, 0) is 29.8 Å². The average molecular weight is 489 g/mol. The summed E-state index contributed by atoms with van der Waals surface area (Å²) in [6, 6.07) is 26.8. The minimum Gasteiger partial charge on any atom is -0.497 e. The lowest BCUT2D eigenvalue weighted by molar-refractivity contribution is 0.0738. The van der Waals surface area contributed by atoms with E-state index in [1.165, 1.54) is 0 Å². The highest BCUT2D eigenvalue weighted by atomic mass is 16.5. The van der Waals surface area contributed by atoms with Crippen molar-refractivity contribution in [1.29, 1.82) is 5.26 Å². The first-order valence-electron chi connectivity index (χ1n) is 11.8. The number of carbonyl (C=O) groups is 1. The van der Waals surface area contributed by atoms with Crippen molar-refractivity contribution in [2.24, 2.45) is 0 Å². The first-order chi connectivity index (χ1) is 18.2. The molecule has 0 saturated carbocycles. The van der Waals surface area contributed by atoms with E-state index in [-0.39, 0.29) is 18.9 Å². The van der Waals surface area contributed by atoms with Crippen LogP contribution in [0.3, 0.4) is 0 Å². The number of ether oxygens (including phenoxy) is 1. The van der Waals surface area contributed by atoms with Crippen LogP contribution in [0.1, 0.15) is 22.5 Å². The smallest absolute Gasteiger partial charge is 0.273 e. The molecule has 0 aliphatic rings. The molecular weight excluding hydrogens is 464 g/mol. The summed E-state index contributed by atoms with van der Waals surface area (Å²) in [5.74, 6) is 0.441. The molecule has 3 aromatic heterocycles. The molecule has 37 heavy (non-hydrogen) atoms. The van der Waals surface area contributed by atoms with E-state index < -0.39 is 0 Å². The van der Waals surface area contributed by atoms with Crippen LogP contribution in [0.25, 0.3) is 28.2 Å². The normalized spacial score (nSPS) is 10.7. The van der Waals surface area contributed by atoms with Crippen LogP contribution < -0.4 is 4.74 Å². The Morgan fingerprint density at radius 3 is 2.59 bits per heavy atom. The van der Waals surface area contributed by atoms with Crippen LogP contribution in [0.15, 0.2) is 91.3 Å². The predicted molar refractivity (Wildman–Crippen MR) is 140 cm³/mol. The first-order valence-corrected chi connectivity index (χ1v) is 11.8. The van der Waals surface area contributed by atoms with Gasteiger partial charge in [-0.1, -0.05) is 48.5 Å². The summed E-state index contributed by atoms with van der Waals surface area (Å²) >= 11 is 0. The molecule has 0 spiro atoms. The number of amides is 1. The van der Waals surface area contributed by atoms with Gasteiger partial charge in [0.25, 0.3) is 5.91 Å². The lowest BCUT2D eigenvalue weighted by atomic mass is 10.1. The molecule has 0 bridgehead atoms. The molecule has 0 fully saturated rings. The molecule has 0 aliphatic heterocycles. The highest BCUT2D eigenvalue weighted by molar-refractivity contribution is 5.94. The van der Waals surface area contributed by atoms with Crippen molar-refractivity contribution in [3.05, 3.63) is 103 Å². The Hall–Kier alpha value is -5.03. The minimum atomic E-state index is -0.252. The zero-order chi connectivity index (χ0) is 25.6. The van der Waals surface area contributed by atoms with Crippen molar-refractivity contribution in [3.8, 4) is 34.3 Å². The predicted octanol–water partition coefficient (Wildman–Crippen LogP) is 5.02. The number of hydrogen-bond donors (Lipinski definition) is 0. The summed E-state index contributed by atoms with van der Waals surface area (Å²) in [7, 11) is 1.61. The van der Waals surface area contributed by atoms with Crippen LogP contribution in [0, 0.1) is 11.3 Å². The third-order valence-electron chi connectivity index (χ3n) is 5.96. The van der Waals surface area contributed by atoms with Gasteiger partial charge in [0.2, 0.25) is 0 Å². The number of methoxy groups -OCH3 is 1. The summed E-state index contributed by atoms with van der Waals surface area (Å²) in [6.07, 6.45) is 3.61. The highest BCUT2D eigenvalue weighted by Crippen LogP contribution is 2.27. The lowest BCUT2D eigenvalue weighted by Crippen LogP contribution is -2.33. The standard InChI is InChI=1S/C29H24N6O2/c1-37-24-12-5-11-23(16-24)25-17-27(29(36)34(15-7-13-30)20-21-8-6-14-31-19-21)35-28(32-25)18-26(33-35)22-9-3-2-4-10-22/h2-6,8-12,14,16-19H,7,15,20H2,1H3. The molecular formula is C29H24N6O2. The van der Waals surface area contributed by atoms with Crippen LogP contribution in [0.5, 0.6) is 5.75 Å². The summed E-state index contributed by atoms with van der Waals surface area (Å²) in [5.41, 5.74) is 4.84. The molecule has 0 N–H and O–H groups in total. The largest absolute Gasteiger partial charge is 0.497 e. The molecule has 1 amide bonds. The Morgan fingerprint density at radius 2 is 1.84 bits per heavy atom. The third-order valence-corrected chi connectivity index (χ3v) is 5.96. The van der Waals surface area contributed by atoms with Crippen LogP contribution in [0.4, 0.5) is 0 Å². The molecule has 0 unspecified atom stereocenters. The van der Waals surface area contributed by atoms with Gasteiger partial charge >= 0.3 is 0 Å². The fourth-order valence-corrected chi connectivity index (χ4v) is 4.12. The van der Waals surface area contributed by atoms with E-state index in [9.17, 15) is 10.1 Å². The summed E-state index contributed by atoms with van der Waals surface area (Å²) in [5, 5.41) is 14.0. The van der Waals surface area contributed by atoms with Crippen LogP contribution in [-0.4, -0.2) is 44.0 Å². The van der Waals surface area contributed by atoms with Crippen molar-refractivity contribution in [1.82, 2.24) is 24.5 Å². The number of rotatable bonds is 8. The van der Waals surface area contributed by atoms with Crippen LogP contribution in [-0.2, 0) is 6.54 Å². The van der Waals surface area contributed by atoms with Crippen molar-refractivity contribution < 1.29 is 9.53 Å². The second kappa shape index (κ2) is 10.7. The molecule has 0 radical (unpaired) electrons. The molecule has 2 aromatic carbocycles. The van der Waals surface area contributed by atoms with Gasteiger partial charge in [0.15, 0.2) is 5.65 Å². The molecule has 0 aliphatic carbocycles. The van der Waals surface area contributed by atoms with Crippen molar-refractivity contribution in [3.63, 3.8) is 0 Å². The Balaban J connectivity index is 1.65. The van der Waals surface area contributed by atoms with Gasteiger partial charge < -0.3 is 9.64 Å². The van der Waals surface area contributed by atoms with E-state index in [2.05, 4.69) is 11.1 Å². The number of nitrogens with zero attached hydrogens (tertiary/aromatic N) is 6. The first kappa shape index (κ1) is 23.7. The Labute approximate surface area is 214 Å². The zero-order valence-electron chi connectivity index (χ0n) is 20.3.